The summed E-state index contributed by atoms with van der Waals surface area (Å²) in [5.74, 6) is -0.401. The summed E-state index contributed by atoms with van der Waals surface area (Å²) >= 11 is 0. The number of hydrogen-bond donors (Lipinski definition) is 1. The first-order chi connectivity index (χ1) is 9.60. The normalized spacial score (nSPS) is 16.6. The van der Waals surface area contributed by atoms with E-state index in [1.807, 2.05) is 0 Å². The van der Waals surface area contributed by atoms with Gasteiger partial charge in [-0.3, -0.25) is 9.59 Å². The molecule has 0 fully saturated rings. The van der Waals surface area contributed by atoms with Gasteiger partial charge in [-0.2, -0.15) is 0 Å². The monoisotopic (exact) mass is 275 g/mol. The van der Waals surface area contributed by atoms with Gasteiger partial charge >= 0.3 is 5.97 Å². The number of nitrogens with one attached hydrogen (secondary N) is 1. The van der Waals surface area contributed by atoms with Crippen LogP contribution < -0.4 is 5.32 Å². The minimum atomic E-state index is -0.315. The standard InChI is InChI=1S/C16H21NO3/c1-3-20-16(19)9-8-15(18)17-14-7-5-12-10-11(2)4-6-13(12)14/h4,6,10,14H,3,5,7-9H2,1-2H3,(H,17,18). The summed E-state index contributed by atoms with van der Waals surface area (Å²) in [4.78, 5) is 23.1. The third kappa shape index (κ3) is 3.59. The molecule has 0 radical (unpaired) electrons. The van der Waals surface area contributed by atoms with Gasteiger partial charge in [0.1, 0.15) is 0 Å². The van der Waals surface area contributed by atoms with E-state index in [0.29, 0.717) is 6.61 Å². The lowest BCUT2D eigenvalue weighted by atomic mass is 10.1. The van der Waals surface area contributed by atoms with Gasteiger partial charge in [-0.25, -0.2) is 0 Å². The highest BCUT2D eigenvalue weighted by Crippen LogP contribution is 2.31. The van der Waals surface area contributed by atoms with Gasteiger partial charge in [-0.15, -0.1) is 0 Å². The van der Waals surface area contributed by atoms with Gasteiger partial charge in [0.05, 0.1) is 19.1 Å². The molecule has 1 aliphatic carbocycles. The molecule has 4 heteroatoms. The molecule has 0 bridgehead atoms. The molecule has 0 spiro atoms. The molecular weight excluding hydrogens is 254 g/mol. The highest BCUT2D eigenvalue weighted by molar-refractivity contribution is 5.81. The van der Waals surface area contributed by atoms with Crippen molar-refractivity contribution in [2.75, 3.05) is 6.61 Å². The minimum absolute atomic E-state index is 0.0836. The lowest BCUT2D eigenvalue weighted by Gasteiger charge is -2.14. The molecule has 4 nitrogen and oxygen atoms in total. The number of aryl methyl sites for hydroxylation is 2. The summed E-state index contributed by atoms with van der Waals surface area (Å²) in [7, 11) is 0. The van der Waals surface area contributed by atoms with Crippen LogP contribution in [0.5, 0.6) is 0 Å². The van der Waals surface area contributed by atoms with Gasteiger partial charge in [-0.05, 0) is 37.8 Å². The quantitative estimate of drug-likeness (QED) is 0.840. The second-order valence-electron chi connectivity index (χ2n) is 5.17. The Hall–Kier alpha value is -1.84. The lowest BCUT2D eigenvalue weighted by molar-refractivity contribution is -0.144. The van der Waals surface area contributed by atoms with Crippen LogP contribution in [0.3, 0.4) is 0 Å². The molecule has 0 aliphatic heterocycles. The van der Waals surface area contributed by atoms with Crippen LogP contribution in [-0.4, -0.2) is 18.5 Å². The van der Waals surface area contributed by atoms with Crippen LogP contribution >= 0.6 is 0 Å². The smallest absolute Gasteiger partial charge is 0.306 e. The summed E-state index contributed by atoms with van der Waals surface area (Å²) in [5.41, 5.74) is 3.78. The van der Waals surface area contributed by atoms with Crippen molar-refractivity contribution in [3.8, 4) is 0 Å². The second-order valence-corrected chi connectivity index (χ2v) is 5.17. The Balaban J connectivity index is 1.86. The van der Waals surface area contributed by atoms with Crippen LogP contribution in [0.1, 0.15) is 48.9 Å². The van der Waals surface area contributed by atoms with Crippen LogP contribution in [0.15, 0.2) is 18.2 Å². The summed E-state index contributed by atoms with van der Waals surface area (Å²) in [6.07, 6.45) is 2.27. The lowest BCUT2D eigenvalue weighted by Crippen LogP contribution is -2.27. The van der Waals surface area contributed by atoms with E-state index in [0.717, 1.165) is 12.8 Å². The van der Waals surface area contributed by atoms with Crippen LogP contribution in [0.2, 0.25) is 0 Å². The van der Waals surface area contributed by atoms with Gasteiger partial charge < -0.3 is 10.1 Å². The summed E-state index contributed by atoms with van der Waals surface area (Å²) in [6.45, 7) is 4.19. The van der Waals surface area contributed by atoms with E-state index in [4.69, 9.17) is 4.74 Å². The fraction of sp³-hybridized carbons (Fsp3) is 0.500. The molecule has 0 saturated carbocycles. The average Bonchev–Trinajstić information content (AvgIpc) is 2.79. The van der Waals surface area contributed by atoms with Crippen molar-refractivity contribution in [2.45, 2.75) is 45.6 Å². The van der Waals surface area contributed by atoms with Crippen molar-refractivity contribution in [3.63, 3.8) is 0 Å². The Morgan fingerprint density at radius 1 is 1.35 bits per heavy atom. The molecule has 1 aliphatic rings. The van der Waals surface area contributed by atoms with Crippen molar-refractivity contribution in [2.24, 2.45) is 0 Å². The average molecular weight is 275 g/mol. The maximum absolute atomic E-state index is 11.9. The Morgan fingerprint density at radius 2 is 2.15 bits per heavy atom. The van der Waals surface area contributed by atoms with Gasteiger partial charge in [0.25, 0.3) is 0 Å². The molecule has 1 N–H and O–H groups in total. The largest absolute Gasteiger partial charge is 0.466 e. The van der Waals surface area contributed by atoms with E-state index >= 15 is 0 Å². The summed E-state index contributed by atoms with van der Waals surface area (Å²) in [6, 6.07) is 6.43. The highest BCUT2D eigenvalue weighted by Gasteiger charge is 2.23. The van der Waals surface area contributed by atoms with Crippen molar-refractivity contribution in [3.05, 3.63) is 34.9 Å². The fourth-order valence-electron chi connectivity index (χ4n) is 2.61. The SMILES string of the molecule is CCOC(=O)CCC(=O)NC1CCc2cc(C)ccc21. The van der Waals surface area contributed by atoms with Gasteiger partial charge in [-0.1, -0.05) is 23.8 Å². The molecule has 1 atom stereocenters. The third-order valence-electron chi connectivity index (χ3n) is 3.57. The molecule has 108 valence electrons. The fourth-order valence-corrected chi connectivity index (χ4v) is 2.61. The molecule has 1 aromatic rings. The molecule has 20 heavy (non-hydrogen) atoms. The maximum atomic E-state index is 11.9. The summed E-state index contributed by atoms with van der Waals surface area (Å²) < 4.78 is 4.81. The molecular formula is C16H21NO3. The number of carbonyl (C=O) groups is 2. The zero-order valence-corrected chi connectivity index (χ0v) is 12.1. The number of rotatable bonds is 5. The first-order valence-corrected chi connectivity index (χ1v) is 7.14. The summed E-state index contributed by atoms with van der Waals surface area (Å²) in [5, 5.41) is 3.01. The molecule has 0 heterocycles. The molecule has 0 aromatic heterocycles. The Labute approximate surface area is 119 Å². The van der Waals surface area contributed by atoms with Gasteiger partial charge in [0.15, 0.2) is 0 Å². The van der Waals surface area contributed by atoms with Crippen LogP contribution in [0, 0.1) is 6.92 Å². The van der Waals surface area contributed by atoms with Crippen molar-refractivity contribution in [1.82, 2.24) is 5.32 Å². The number of benzene rings is 1. The molecule has 2 rings (SSSR count). The van der Waals surface area contributed by atoms with Crippen molar-refractivity contribution >= 4 is 11.9 Å². The van der Waals surface area contributed by atoms with Crippen molar-refractivity contribution < 1.29 is 14.3 Å². The molecule has 1 aromatic carbocycles. The number of amides is 1. The Bertz CT molecular complexity index is 510. The Morgan fingerprint density at radius 3 is 2.90 bits per heavy atom. The number of carbonyl (C=O) groups excluding carboxylic acids is 2. The van der Waals surface area contributed by atoms with Gasteiger partial charge in [0, 0.05) is 6.42 Å². The van der Waals surface area contributed by atoms with E-state index < -0.39 is 0 Å². The number of hydrogen-bond acceptors (Lipinski definition) is 3. The minimum Gasteiger partial charge on any atom is -0.466 e. The zero-order valence-electron chi connectivity index (χ0n) is 12.1. The number of esters is 1. The van der Waals surface area contributed by atoms with Crippen LogP contribution in [0.25, 0.3) is 0 Å². The molecule has 0 saturated heterocycles. The highest BCUT2D eigenvalue weighted by atomic mass is 16.5. The predicted molar refractivity (Wildman–Crippen MR) is 76.3 cm³/mol. The first kappa shape index (κ1) is 14.6. The molecule has 1 unspecified atom stereocenters. The third-order valence-corrected chi connectivity index (χ3v) is 3.57. The van der Waals surface area contributed by atoms with E-state index in [9.17, 15) is 9.59 Å². The topological polar surface area (TPSA) is 55.4 Å². The predicted octanol–water partition coefficient (Wildman–Crippen LogP) is 2.44. The zero-order chi connectivity index (χ0) is 14.5. The van der Waals surface area contributed by atoms with Crippen molar-refractivity contribution in [1.29, 1.82) is 0 Å². The molecule has 1 amide bonds. The van der Waals surface area contributed by atoms with E-state index in [1.165, 1.54) is 16.7 Å². The number of fused-ring (bicyclic) bond motifs is 1. The van der Waals surface area contributed by atoms with E-state index in [2.05, 4.69) is 30.4 Å². The van der Waals surface area contributed by atoms with E-state index in [-0.39, 0.29) is 30.8 Å². The van der Waals surface area contributed by atoms with E-state index in [1.54, 1.807) is 6.92 Å². The second kappa shape index (κ2) is 6.55. The number of ether oxygens (including phenoxy) is 1. The maximum Gasteiger partial charge on any atom is 0.306 e. The van der Waals surface area contributed by atoms with Crippen LogP contribution in [-0.2, 0) is 20.7 Å². The first-order valence-electron chi connectivity index (χ1n) is 7.14. The van der Waals surface area contributed by atoms with Crippen LogP contribution in [0.4, 0.5) is 0 Å². The Kier molecular flexibility index (Phi) is 4.77. The van der Waals surface area contributed by atoms with Gasteiger partial charge in [0.2, 0.25) is 5.91 Å².